The van der Waals surface area contributed by atoms with Gasteiger partial charge in [0, 0.05) is 18.3 Å². The molecule has 0 saturated carbocycles. The number of carbonyl (C=O) groups excluding carboxylic acids is 2. The SMILES string of the molecule is CC(NC(=O)c1ccnc(C(=O)NCCCN(C)C)c1)c1ccccc1. The maximum Gasteiger partial charge on any atom is 0.269 e. The molecule has 1 atom stereocenters. The van der Waals surface area contributed by atoms with Crippen LogP contribution in [0.25, 0.3) is 0 Å². The van der Waals surface area contributed by atoms with Crippen molar-refractivity contribution >= 4 is 11.8 Å². The molecular weight excluding hydrogens is 328 g/mol. The molecule has 2 amide bonds. The van der Waals surface area contributed by atoms with Crippen LogP contribution in [-0.4, -0.2) is 48.9 Å². The van der Waals surface area contributed by atoms with Gasteiger partial charge < -0.3 is 15.5 Å². The van der Waals surface area contributed by atoms with Crippen LogP contribution in [0.15, 0.2) is 48.7 Å². The summed E-state index contributed by atoms with van der Waals surface area (Å²) in [6.45, 7) is 3.39. The van der Waals surface area contributed by atoms with Gasteiger partial charge >= 0.3 is 0 Å². The van der Waals surface area contributed by atoms with E-state index in [0.717, 1.165) is 18.5 Å². The van der Waals surface area contributed by atoms with Crippen molar-refractivity contribution in [3.63, 3.8) is 0 Å². The molecule has 1 aromatic heterocycles. The minimum Gasteiger partial charge on any atom is -0.351 e. The lowest BCUT2D eigenvalue weighted by Crippen LogP contribution is -2.29. The normalized spacial score (nSPS) is 11.8. The molecule has 26 heavy (non-hydrogen) atoms. The fraction of sp³-hybridized carbons (Fsp3) is 0.350. The van der Waals surface area contributed by atoms with Crippen LogP contribution in [0.1, 0.15) is 45.8 Å². The monoisotopic (exact) mass is 354 g/mol. The Balaban J connectivity index is 1.95. The highest BCUT2D eigenvalue weighted by atomic mass is 16.2. The van der Waals surface area contributed by atoms with E-state index in [1.807, 2.05) is 51.4 Å². The molecule has 0 aliphatic rings. The van der Waals surface area contributed by atoms with Crippen LogP contribution in [-0.2, 0) is 0 Å². The molecular formula is C20H26N4O2. The van der Waals surface area contributed by atoms with Gasteiger partial charge in [-0.15, -0.1) is 0 Å². The van der Waals surface area contributed by atoms with Crippen LogP contribution >= 0.6 is 0 Å². The third-order valence-corrected chi connectivity index (χ3v) is 3.97. The average Bonchev–Trinajstić information content (AvgIpc) is 2.65. The molecule has 0 radical (unpaired) electrons. The van der Waals surface area contributed by atoms with E-state index in [0.29, 0.717) is 12.1 Å². The fourth-order valence-corrected chi connectivity index (χ4v) is 2.49. The Bertz CT molecular complexity index is 732. The van der Waals surface area contributed by atoms with Crippen molar-refractivity contribution in [1.29, 1.82) is 0 Å². The Morgan fingerprint density at radius 2 is 1.85 bits per heavy atom. The van der Waals surface area contributed by atoms with Crippen LogP contribution in [0.2, 0.25) is 0 Å². The molecule has 6 nitrogen and oxygen atoms in total. The summed E-state index contributed by atoms with van der Waals surface area (Å²) >= 11 is 0. The molecule has 2 rings (SSSR count). The maximum absolute atomic E-state index is 12.5. The highest BCUT2D eigenvalue weighted by Gasteiger charge is 2.14. The van der Waals surface area contributed by atoms with Crippen LogP contribution in [0.4, 0.5) is 0 Å². The smallest absolute Gasteiger partial charge is 0.269 e. The number of nitrogens with zero attached hydrogens (tertiary/aromatic N) is 2. The van der Waals surface area contributed by atoms with E-state index in [-0.39, 0.29) is 23.6 Å². The molecule has 138 valence electrons. The van der Waals surface area contributed by atoms with Gasteiger partial charge in [-0.05, 0) is 51.7 Å². The molecule has 0 saturated heterocycles. The summed E-state index contributed by atoms with van der Waals surface area (Å²) < 4.78 is 0. The van der Waals surface area contributed by atoms with Crippen molar-refractivity contribution in [1.82, 2.24) is 20.5 Å². The first kappa shape index (κ1) is 19.6. The van der Waals surface area contributed by atoms with Crippen molar-refractivity contribution in [2.24, 2.45) is 0 Å². The lowest BCUT2D eigenvalue weighted by Gasteiger charge is -2.14. The van der Waals surface area contributed by atoms with E-state index in [1.165, 1.54) is 12.3 Å². The second kappa shape index (κ2) is 9.68. The van der Waals surface area contributed by atoms with Crippen LogP contribution < -0.4 is 10.6 Å². The molecule has 1 aromatic carbocycles. The summed E-state index contributed by atoms with van der Waals surface area (Å²) in [4.78, 5) is 30.8. The first-order chi connectivity index (χ1) is 12.5. The minimum atomic E-state index is -0.269. The van der Waals surface area contributed by atoms with Gasteiger partial charge in [0.05, 0.1) is 6.04 Å². The lowest BCUT2D eigenvalue weighted by molar-refractivity contribution is 0.0939. The zero-order valence-corrected chi connectivity index (χ0v) is 15.5. The highest BCUT2D eigenvalue weighted by molar-refractivity contribution is 5.98. The average molecular weight is 354 g/mol. The molecule has 6 heteroatoms. The number of nitrogens with one attached hydrogen (secondary N) is 2. The number of pyridine rings is 1. The van der Waals surface area contributed by atoms with Crippen molar-refractivity contribution in [3.05, 3.63) is 65.5 Å². The molecule has 0 aliphatic heterocycles. The van der Waals surface area contributed by atoms with E-state index in [2.05, 4.69) is 20.5 Å². The van der Waals surface area contributed by atoms with Gasteiger partial charge in [-0.25, -0.2) is 0 Å². The summed E-state index contributed by atoms with van der Waals surface area (Å²) in [6, 6.07) is 12.7. The maximum atomic E-state index is 12.5. The van der Waals surface area contributed by atoms with Crippen LogP contribution in [0.3, 0.4) is 0 Å². The number of aromatic nitrogens is 1. The van der Waals surface area contributed by atoms with Gasteiger partial charge in [0.1, 0.15) is 5.69 Å². The van der Waals surface area contributed by atoms with Crippen LogP contribution in [0.5, 0.6) is 0 Å². The fourth-order valence-electron chi connectivity index (χ4n) is 2.49. The standard InChI is InChI=1S/C20H26N4O2/c1-15(16-8-5-4-6-9-16)23-19(25)17-10-12-21-18(14-17)20(26)22-11-7-13-24(2)3/h4-6,8-10,12,14-15H,7,11,13H2,1-3H3,(H,22,26)(H,23,25). The molecule has 0 fully saturated rings. The number of carbonyl (C=O) groups is 2. The molecule has 0 bridgehead atoms. The lowest BCUT2D eigenvalue weighted by atomic mass is 10.1. The summed E-state index contributed by atoms with van der Waals surface area (Å²) in [5.41, 5.74) is 1.69. The predicted molar refractivity (Wildman–Crippen MR) is 102 cm³/mol. The first-order valence-electron chi connectivity index (χ1n) is 8.72. The quantitative estimate of drug-likeness (QED) is 0.713. The first-order valence-corrected chi connectivity index (χ1v) is 8.72. The van der Waals surface area contributed by atoms with Crippen molar-refractivity contribution in [3.8, 4) is 0 Å². The zero-order valence-electron chi connectivity index (χ0n) is 15.5. The second-order valence-electron chi connectivity index (χ2n) is 6.45. The Labute approximate surface area is 154 Å². The summed E-state index contributed by atoms with van der Waals surface area (Å²) in [5.74, 6) is -0.500. The Morgan fingerprint density at radius 3 is 2.54 bits per heavy atom. The number of hydrogen-bond acceptors (Lipinski definition) is 4. The van der Waals surface area contributed by atoms with Gasteiger partial charge in [0.25, 0.3) is 11.8 Å². The second-order valence-corrected chi connectivity index (χ2v) is 6.45. The van der Waals surface area contributed by atoms with Gasteiger partial charge in [-0.2, -0.15) is 0 Å². The summed E-state index contributed by atoms with van der Waals surface area (Å²) in [6.07, 6.45) is 2.34. The van der Waals surface area contributed by atoms with Crippen LogP contribution in [0, 0.1) is 0 Å². The summed E-state index contributed by atoms with van der Waals surface area (Å²) in [7, 11) is 3.98. The number of benzene rings is 1. The Kier molecular flexibility index (Phi) is 7.29. The highest BCUT2D eigenvalue weighted by Crippen LogP contribution is 2.12. The Hall–Kier alpha value is -2.73. The molecule has 0 spiro atoms. The minimum absolute atomic E-state index is 0.125. The molecule has 1 heterocycles. The number of amides is 2. The van der Waals surface area contributed by atoms with E-state index in [1.54, 1.807) is 6.07 Å². The van der Waals surface area contributed by atoms with E-state index < -0.39 is 0 Å². The third-order valence-electron chi connectivity index (χ3n) is 3.97. The molecule has 0 aliphatic carbocycles. The van der Waals surface area contributed by atoms with Gasteiger partial charge in [-0.1, -0.05) is 30.3 Å². The summed E-state index contributed by atoms with van der Waals surface area (Å²) in [5, 5.41) is 5.77. The Morgan fingerprint density at radius 1 is 1.12 bits per heavy atom. The third kappa shape index (κ3) is 5.97. The zero-order chi connectivity index (χ0) is 18.9. The topological polar surface area (TPSA) is 74.3 Å². The number of rotatable bonds is 8. The van der Waals surface area contributed by atoms with E-state index in [9.17, 15) is 9.59 Å². The van der Waals surface area contributed by atoms with Crippen molar-refractivity contribution < 1.29 is 9.59 Å². The molecule has 2 N–H and O–H groups in total. The van der Waals surface area contributed by atoms with Crippen molar-refractivity contribution in [2.45, 2.75) is 19.4 Å². The molecule has 1 unspecified atom stereocenters. The van der Waals surface area contributed by atoms with E-state index in [4.69, 9.17) is 0 Å². The van der Waals surface area contributed by atoms with Gasteiger partial charge in [0.15, 0.2) is 0 Å². The van der Waals surface area contributed by atoms with Crippen molar-refractivity contribution in [2.75, 3.05) is 27.2 Å². The van der Waals surface area contributed by atoms with E-state index >= 15 is 0 Å². The largest absolute Gasteiger partial charge is 0.351 e. The number of hydrogen-bond donors (Lipinski definition) is 2. The van der Waals surface area contributed by atoms with Gasteiger partial charge in [0.2, 0.25) is 0 Å². The predicted octanol–water partition coefficient (Wildman–Crippen LogP) is 2.25. The van der Waals surface area contributed by atoms with Gasteiger partial charge in [-0.3, -0.25) is 14.6 Å². The molecule has 2 aromatic rings.